The number of nitrogens with one attached hydrogen (secondary N) is 1. The van der Waals surface area contributed by atoms with Crippen molar-refractivity contribution in [2.75, 3.05) is 5.32 Å². The number of carbonyl (C=O) groups excluding carboxylic acids is 1. The minimum absolute atomic E-state index is 0.245. The number of amides is 1. The third-order valence-electron chi connectivity index (χ3n) is 2.39. The number of nitrogens with zero attached hydrogens (tertiary/aromatic N) is 1. The molecule has 2 rings (SSSR count). The fraction of sp³-hybridized carbons (Fsp3) is 0.0769. The Balaban J connectivity index is 2.11. The lowest BCUT2D eigenvalue weighted by molar-refractivity contribution is 0.102. The molecule has 18 heavy (non-hydrogen) atoms. The highest BCUT2D eigenvalue weighted by molar-refractivity contribution is 6.31. The van der Waals surface area contributed by atoms with E-state index in [0.717, 1.165) is 5.56 Å². The molecule has 1 amide bonds. The van der Waals surface area contributed by atoms with Gasteiger partial charge >= 0.3 is 0 Å². The Bertz CT molecular complexity index is 554. The van der Waals surface area contributed by atoms with E-state index in [1.165, 1.54) is 0 Å². The van der Waals surface area contributed by atoms with Crippen LogP contribution in [0.4, 0.5) is 5.82 Å². The van der Waals surface area contributed by atoms with E-state index in [9.17, 15) is 4.79 Å². The van der Waals surface area contributed by atoms with Gasteiger partial charge in [-0.05, 0) is 29.8 Å². The second-order valence-corrected chi connectivity index (χ2v) is 4.16. The predicted octanol–water partition coefficient (Wildman–Crippen LogP) is 2.45. The van der Waals surface area contributed by atoms with Crippen molar-refractivity contribution in [2.24, 2.45) is 5.73 Å². The van der Waals surface area contributed by atoms with Gasteiger partial charge in [0.2, 0.25) is 0 Å². The largest absolute Gasteiger partial charge is 0.326 e. The number of pyridine rings is 1. The fourth-order valence-corrected chi connectivity index (χ4v) is 1.63. The standard InChI is InChI=1S/C13H12ClN3O/c14-11-3-1-2-10(6-11)13(18)17-12-5-4-9(7-15)8-16-12/h1-6,8H,7,15H2,(H,16,17,18). The number of halogens is 1. The third kappa shape index (κ3) is 3.06. The van der Waals surface area contributed by atoms with Gasteiger partial charge in [-0.3, -0.25) is 4.79 Å². The first kappa shape index (κ1) is 12.5. The van der Waals surface area contributed by atoms with Gasteiger partial charge in [0.05, 0.1) is 0 Å². The summed E-state index contributed by atoms with van der Waals surface area (Å²) in [6.07, 6.45) is 1.63. The molecule has 0 bridgehead atoms. The van der Waals surface area contributed by atoms with E-state index in [-0.39, 0.29) is 5.91 Å². The average molecular weight is 262 g/mol. The third-order valence-corrected chi connectivity index (χ3v) is 2.62. The molecule has 0 radical (unpaired) electrons. The second-order valence-electron chi connectivity index (χ2n) is 3.72. The Hall–Kier alpha value is -1.91. The molecule has 0 unspecified atom stereocenters. The molecule has 3 N–H and O–H groups in total. The van der Waals surface area contributed by atoms with E-state index >= 15 is 0 Å². The highest BCUT2D eigenvalue weighted by Crippen LogP contribution is 2.12. The van der Waals surface area contributed by atoms with Gasteiger partial charge in [0, 0.05) is 23.3 Å². The van der Waals surface area contributed by atoms with Crippen molar-refractivity contribution >= 4 is 23.3 Å². The Morgan fingerprint density at radius 2 is 2.17 bits per heavy atom. The molecule has 0 saturated carbocycles. The molecular weight excluding hydrogens is 250 g/mol. The van der Waals surface area contributed by atoms with Crippen LogP contribution >= 0.6 is 11.6 Å². The van der Waals surface area contributed by atoms with Gasteiger partial charge in [-0.2, -0.15) is 0 Å². The molecule has 0 aliphatic carbocycles. The predicted molar refractivity (Wildman–Crippen MR) is 71.5 cm³/mol. The molecule has 0 aliphatic heterocycles. The lowest BCUT2D eigenvalue weighted by Crippen LogP contribution is -2.13. The second kappa shape index (κ2) is 5.62. The van der Waals surface area contributed by atoms with Crippen LogP contribution in [-0.4, -0.2) is 10.9 Å². The lowest BCUT2D eigenvalue weighted by atomic mass is 10.2. The molecule has 1 aromatic carbocycles. The number of carbonyl (C=O) groups is 1. The van der Waals surface area contributed by atoms with Crippen molar-refractivity contribution in [1.82, 2.24) is 4.98 Å². The number of benzene rings is 1. The van der Waals surface area contributed by atoms with Crippen molar-refractivity contribution in [3.63, 3.8) is 0 Å². The Labute approximate surface area is 110 Å². The van der Waals surface area contributed by atoms with Gasteiger partial charge in [0.25, 0.3) is 5.91 Å². The molecule has 0 aliphatic rings. The van der Waals surface area contributed by atoms with Gasteiger partial charge in [0.1, 0.15) is 5.82 Å². The van der Waals surface area contributed by atoms with Crippen LogP contribution in [-0.2, 0) is 6.54 Å². The Morgan fingerprint density at radius 3 is 2.78 bits per heavy atom. The van der Waals surface area contributed by atoms with Crippen molar-refractivity contribution in [3.8, 4) is 0 Å². The molecule has 0 spiro atoms. The quantitative estimate of drug-likeness (QED) is 0.892. The van der Waals surface area contributed by atoms with Gasteiger partial charge in [0.15, 0.2) is 0 Å². The highest BCUT2D eigenvalue weighted by atomic mass is 35.5. The van der Waals surface area contributed by atoms with Gasteiger partial charge in [-0.15, -0.1) is 0 Å². The van der Waals surface area contributed by atoms with E-state index < -0.39 is 0 Å². The summed E-state index contributed by atoms with van der Waals surface area (Å²) in [5.41, 5.74) is 6.87. The Kier molecular flexibility index (Phi) is 3.92. The highest BCUT2D eigenvalue weighted by Gasteiger charge is 2.06. The van der Waals surface area contributed by atoms with Crippen molar-refractivity contribution in [3.05, 3.63) is 58.7 Å². The first-order valence-corrected chi connectivity index (χ1v) is 5.79. The smallest absolute Gasteiger partial charge is 0.256 e. The van der Waals surface area contributed by atoms with Crippen LogP contribution in [0.1, 0.15) is 15.9 Å². The topological polar surface area (TPSA) is 68.0 Å². The van der Waals surface area contributed by atoms with Crippen LogP contribution in [0, 0.1) is 0 Å². The monoisotopic (exact) mass is 261 g/mol. The summed E-state index contributed by atoms with van der Waals surface area (Å²) in [4.78, 5) is 16.0. The number of hydrogen-bond donors (Lipinski definition) is 2. The minimum Gasteiger partial charge on any atom is -0.326 e. The Morgan fingerprint density at radius 1 is 1.33 bits per heavy atom. The van der Waals surface area contributed by atoms with E-state index in [4.69, 9.17) is 17.3 Å². The molecule has 1 aromatic heterocycles. The normalized spacial score (nSPS) is 10.1. The zero-order chi connectivity index (χ0) is 13.0. The zero-order valence-electron chi connectivity index (χ0n) is 9.56. The summed E-state index contributed by atoms with van der Waals surface area (Å²) < 4.78 is 0. The molecule has 4 nitrogen and oxygen atoms in total. The van der Waals surface area contributed by atoms with E-state index in [1.807, 2.05) is 6.07 Å². The number of aromatic nitrogens is 1. The van der Waals surface area contributed by atoms with Crippen LogP contribution in [0.2, 0.25) is 5.02 Å². The zero-order valence-corrected chi connectivity index (χ0v) is 10.3. The number of hydrogen-bond acceptors (Lipinski definition) is 3. The first-order chi connectivity index (χ1) is 8.69. The number of anilines is 1. The molecule has 92 valence electrons. The van der Waals surface area contributed by atoms with Crippen molar-refractivity contribution in [1.29, 1.82) is 0 Å². The summed E-state index contributed by atoms with van der Waals surface area (Å²) >= 11 is 5.82. The summed E-state index contributed by atoms with van der Waals surface area (Å²) in [5, 5.41) is 3.21. The average Bonchev–Trinajstić information content (AvgIpc) is 2.39. The number of nitrogens with two attached hydrogens (primary N) is 1. The summed E-state index contributed by atoms with van der Waals surface area (Å²) in [5.74, 6) is 0.239. The lowest BCUT2D eigenvalue weighted by Gasteiger charge is -2.05. The van der Waals surface area contributed by atoms with E-state index in [1.54, 1.807) is 36.5 Å². The maximum absolute atomic E-state index is 11.9. The fourth-order valence-electron chi connectivity index (χ4n) is 1.44. The van der Waals surface area contributed by atoms with Crippen LogP contribution in [0.3, 0.4) is 0 Å². The maximum Gasteiger partial charge on any atom is 0.256 e. The van der Waals surface area contributed by atoms with Gasteiger partial charge < -0.3 is 11.1 Å². The maximum atomic E-state index is 11.9. The summed E-state index contributed by atoms with van der Waals surface area (Å²) in [6, 6.07) is 10.3. The van der Waals surface area contributed by atoms with Crippen LogP contribution < -0.4 is 11.1 Å². The molecule has 5 heteroatoms. The number of rotatable bonds is 3. The summed E-state index contributed by atoms with van der Waals surface area (Å²) in [7, 11) is 0. The van der Waals surface area contributed by atoms with E-state index in [2.05, 4.69) is 10.3 Å². The van der Waals surface area contributed by atoms with Crippen molar-refractivity contribution < 1.29 is 4.79 Å². The van der Waals surface area contributed by atoms with Gasteiger partial charge in [-0.25, -0.2) is 4.98 Å². The van der Waals surface area contributed by atoms with E-state index in [0.29, 0.717) is 22.9 Å². The molecule has 1 heterocycles. The molecule has 0 fully saturated rings. The molecular formula is C13H12ClN3O. The van der Waals surface area contributed by atoms with Crippen LogP contribution in [0.15, 0.2) is 42.6 Å². The van der Waals surface area contributed by atoms with Crippen molar-refractivity contribution in [2.45, 2.75) is 6.54 Å². The van der Waals surface area contributed by atoms with Gasteiger partial charge in [-0.1, -0.05) is 23.7 Å². The first-order valence-electron chi connectivity index (χ1n) is 5.41. The molecule has 2 aromatic rings. The molecule has 0 saturated heterocycles. The summed E-state index contributed by atoms with van der Waals surface area (Å²) in [6.45, 7) is 0.426. The van der Waals surface area contributed by atoms with Crippen LogP contribution in [0.5, 0.6) is 0 Å². The SMILES string of the molecule is NCc1ccc(NC(=O)c2cccc(Cl)c2)nc1. The van der Waals surface area contributed by atoms with Crippen LogP contribution in [0.25, 0.3) is 0 Å². The minimum atomic E-state index is -0.245. The molecule has 0 atom stereocenters.